The van der Waals surface area contributed by atoms with Gasteiger partial charge in [-0.3, -0.25) is 14.5 Å². The first-order valence-corrected chi connectivity index (χ1v) is 11.0. The molecule has 1 heterocycles. The monoisotopic (exact) mass is 632 g/mol. The molecule has 0 aliphatic carbocycles. The van der Waals surface area contributed by atoms with Crippen molar-refractivity contribution in [1.82, 2.24) is 9.80 Å². The fourth-order valence-electron chi connectivity index (χ4n) is 3.02. The van der Waals surface area contributed by atoms with Gasteiger partial charge in [-0.1, -0.05) is 0 Å². The van der Waals surface area contributed by atoms with Crippen LogP contribution in [0.15, 0.2) is 30.3 Å². The molecule has 0 radical (unpaired) electrons. The Morgan fingerprint density at radius 3 is 2.22 bits per heavy atom. The lowest BCUT2D eigenvalue weighted by molar-refractivity contribution is -0.192. The van der Waals surface area contributed by atoms with E-state index in [1.54, 1.807) is 18.0 Å². The maximum Gasteiger partial charge on any atom is 0.490 e. The second-order valence-corrected chi connectivity index (χ2v) is 8.83. The van der Waals surface area contributed by atoms with Crippen LogP contribution in [-0.4, -0.2) is 71.6 Å². The molecule has 36 heavy (non-hydrogen) atoms. The zero-order chi connectivity index (χ0) is 27.4. The van der Waals surface area contributed by atoms with Gasteiger partial charge in [0.2, 0.25) is 5.91 Å². The number of carboxylic acid groups (broad SMARTS) is 1. The quantitative estimate of drug-likeness (QED) is 0.333. The molecule has 1 fully saturated rings. The maximum atomic E-state index is 14.5. The van der Waals surface area contributed by atoms with Gasteiger partial charge in [-0.2, -0.15) is 13.2 Å². The molecule has 1 aliphatic heterocycles. The highest BCUT2D eigenvalue weighted by Gasteiger charge is 2.38. The van der Waals surface area contributed by atoms with Crippen molar-refractivity contribution in [1.29, 1.82) is 0 Å². The van der Waals surface area contributed by atoms with Crippen molar-refractivity contribution >= 4 is 51.7 Å². The molecule has 1 saturated heterocycles. The van der Waals surface area contributed by atoms with E-state index in [9.17, 15) is 35.9 Å². The molecule has 3 rings (SSSR count). The van der Waals surface area contributed by atoms with Gasteiger partial charge in [0.25, 0.3) is 5.91 Å². The second-order valence-electron chi connectivity index (χ2n) is 7.58. The lowest BCUT2D eigenvalue weighted by Crippen LogP contribution is -2.61. The van der Waals surface area contributed by atoms with Crippen LogP contribution >= 0.6 is 22.6 Å². The fraction of sp³-hybridized carbons (Fsp3) is 0.286. The molecule has 15 heteroatoms. The van der Waals surface area contributed by atoms with Crippen molar-refractivity contribution in [2.45, 2.75) is 12.2 Å². The molecule has 8 nitrogen and oxygen atoms in total. The number of anilines is 2. The Labute approximate surface area is 214 Å². The number of rotatable bonds is 6. The summed E-state index contributed by atoms with van der Waals surface area (Å²) in [5.41, 5.74) is 4.55. The number of carbonyl (C=O) groups excluding carboxylic acids is 2. The van der Waals surface area contributed by atoms with E-state index in [0.29, 0.717) is 16.7 Å². The smallest absolute Gasteiger partial charge is 0.475 e. The highest BCUT2D eigenvalue weighted by atomic mass is 127. The summed E-state index contributed by atoms with van der Waals surface area (Å²) in [6, 6.07) is 6.16. The van der Waals surface area contributed by atoms with E-state index >= 15 is 0 Å². The van der Waals surface area contributed by atoms with Gasteiger partial charge < -0.3 is 21.1 Å². The first kappa shape index (κ1) is 29.2. The van der Waals surface area contributed by atoms with Crippen LogP contribution in [0, 0.1) is 21.0 Å². The maximum absolute atomic E-state index is 14.5. The Hall–Kier alpha value is -3.08. The summed E-state index contributed by atoms with van der Waals surface area (Å²) in [5.74, 6) is -6.84. The second kappa shape index (κ2) is 11.8. The number of nitrogens with one attached hydrogen (secondary N) is 1. The molecule has 0 atom stereocenters. The lowest BCUT2D eigenvalue weighted by Gasteiger charge is -2.43. The SMILES string of the molecule is CN(CC(N)=O)C1CN(C(=O)c2ccc(F)c(F)c2Nc2ccc(I)cc2F)C1.O=C(O)C(F)(F)F. The normalized spacial score (nSPS) is 13.5. The number of benzene rings is 2. The van der Waals surface area contributed by atoms with Crippen LogP contribution in [0.5, 0.6) is 0 Å². The first-order valence-electron chi connectivity index (χ1n) is 9.89. The molecular weight excluding hydrogens is 613 g/mol. The van der Waals surface area contributed by atoms with Crippen LogP contribution in [0.2, 0.25) is 0 Å². The number of nitrogens with two attached hydrogens (primary N) is 1. The number of carbonyl (C=O) groups is 3. The van der Waals surface area contributed by atoms with Gasteiger partial charge in [-0.25, -0.2) is 18.0 Å². The average molecular weight is 632 g/mol. The van der Waals surface area contributed by atoms with E-state index in [2.05, 4.69) is 5.32 Å². The minimum atomic E-state index is -5.08. The van der Waals surface area contributed by atoms with E-state index in [1.807, 2.05) is 22.6 Å². The zero-order valence-electron chi connectivity index (χ0n) is 18.4. The first-order chi connectivity index (χ1) is 16.6. The summed E-state index contributed by atoms with van der Waals surface area (Å²) in [5, 5.41) is 9.63. The number of amides is 2. The van der Waals surface area contributed by atoms with E-state index < -0.39 is 47.1 Å². The van der Waals surface area contributed by atoms with E-state index in [0.717, 1.165) is 12.1 Å². The number of carboxylic acids is 1. The van der Waals surface area contributed by atoms with Crippen LogP contribution in [0.3, 0.4) is 0 Å². The summed E-state index contributed by atoms with van der Waals surface area (Å²) < 4.78 is 74.8. The number of aliphatic carboxylic acids is 1. The van der Waals surface area contributed by atoms with Crippen LogP contribution in [0.1, 0.15) is 10.4 Å². The Morgan fingerprint density at radius 1 is 1.14 bits per heavy atom. The van der Waals surface area contributed by atoms with Gasteiger partial charge in [0, 0.05) is 22.7 Å². The van der Waals surface area contributed by atoms with Gasteiger partial charge in [-0.15, -0.1) is 0 Å². The Balaban J connectivity index is 0.000000572. The molecular formula is C21H19F6IN4O4. The third-order valence-electron chi connectivity index (χ3n) is 4.94. The number of primary amides is 1. The number of alkyl halides is 3. The van der Waals surface area contributed by atoms with Crippen LogP contribution < -0.4 is 11.1 Å². The molecule has 2 aromatic carbocycles. The van der Waals surface area contributed by atoms with Gasteiger partial charge in [0.1, 0.15) is 5.82 Å². The minimum Gasteiger partial charge on any atom is -0.475 e. The van der Waals surface area contributed by atoms with Gasteiger partial charge >= 0.3 is 12.1 Å². The van der Waals surface area contributed by atoms with E-state index in [4.69, 9.17) is 15.6 Å². The highest BCUT2D eigenvalue weighted by molar-refractivity contribution is 14.1. The van der Waals surface area contributed by atoms with Crippen LogP contribution in [-0.2, 0) is 9.59 Å². The largest absolute Gasteiger partial charge is 0.490 e. The van der Waals surface area contributed by atoms with Gasteiger partial charge in [0.05, 0.1) is 23.5 Å². The summed E-state index contributed by atoms with van der Waals surface area (Å²) in [7, 11) is 1.71. The van der Waals surface area contributed by atoms with Crippen molar-refractivity contribution in [2.24, 2.45) is 5.73 Å². The fourth-order valence-corrected chi connectivity index (χ4v) is 3.47. The molecule has 196 valence electrons. The predicted octanol–water partition coefficient (Wildman–Crippen LogP) is 3.33. The summed E-state index contributed by atoms with van der Waals surface area (Å²) in [6.07, 6.45) is -5.08. The number of likely N-dealkylation sites (tertiary alicyclic amines) is 1. The Morgan fingerprint density at radius 2 is 1.72 bits per heavy atom. The molecule has 2 amide bonds. The molecule has 1 aliphatic rings. The highest BCUT2D eigenvalue weighted by Crippen LogP contribution is 2.30. The van der Waals surface area contributed by atoms with E-state index in [1.165, 1.54) is 17.0 Å². The number of hydrogen-bond acceptors (Lipinski definition) is 5. The van der Waals surface area contributed by atoms with Crippen molar-refractivity contribution in [3.63, 3.8) is 0 Å². The zero-order valence-corrected chi connectivity index (χ0v) is 20.5. The predicted molar refractivity (Wildman–Crippen MR) is 124 cm³/mol. The van der Waals surface area contributed by atoms with Crippen molar-refractivity contribution in [3.05, 3.63) is 56.9 Å². The molecule has 0 unspecified atom stereocenters. The third-order valence-corrected chi connectivity index (χ3v) is 5.61. The summed E-state index contributed by atoms with van der Waals surface area (Å²) in [6.45, 7) is 0.661. The Kier molecular flexibility index (Phi) is 9.53. The van der Waals surface area contributed by atoms with Gasteiger partial charge in [0.15, 0.2) is 11.6 Å². The minimum absolute atomic E-state index is 0.0523. The lowest BCUT2D eigenvalue weighted by atomic mass is 10.0. The molecule has 0 bridgehead atoms. The number of hydrogen-bond donors (Lipinski definition) is 3. The van der Waals surface area contributed by atoms with E-state index in [-0.39, 0.29) is 23.8 Å². The Bertz CT molecular complexity index is 1160. The van der Waals surface area contributed by atoms with Crippen molar-refractivity contribution in [2.75, 3.05) is 32.0 Å². The molecule has 2 aromatic rings. The van der Waals surface area contributed by atoms with Crippen LogP contribution in [0.4, 0.5) is 37.7 Å². The molecule has 0 spiro atoms. The molecule has 0 saturated carbocycles. The summed E-state index contributed by atoms with van der Waals surface area (Å²) >= 11 is 1.92. The van der Waals surface area contributed by atoms with Crippen molar-refractivity contribution < 1.29 is 45.8 Å². The third kappa shape index (κ3) is 7.46. The van der Waals surface area contributed by atoms with Crippen molar-refractivity contribution in [3.8, 4) is 0 Å². The van der Waals surface area contributed by atoms with Gasteiger partial charge in [-0.05, 0) is 60.0 Å². The van der Waals surface area contributed by atoms with Crippen LogP contribution in [0.25, 0.3) is 0 Å². The molecule has 0 aromatic heterocycles. The summed E-state index contributed by atoms with van der Waals surface area (Å²) in [4.78, 5) is 35.9. The topological polar surface area (TPSA) is 116 Å². The number of likely N-dealkylation sites (N-methyl/N-ethyl adjacent to an activating group) is 1. The average Bonchev–Trinajstić information content (AvgIpc) is 2.71. The standard InChI is InChI=1S/C19H18F3IN4O2.C2HF3O2/c1-26(9-16(24)28)11-7-27(8-11)19(29)12-3-4-13(20)17(22)18(12)25-15-5-2-10(23)6-14(15)21;3-2(4,5)1(6)7/h2-6,11,25H,7-9H2,1H3,(H2,24,28);(H,6,7). The number of nitrogens with zero attached hydrogens (tertiary/aromatic N) is 2. The number of halogens is 7. The molecule has 4 N–H and O–H groups in total.